The van der Waals surface area contributed by atoms with E-state index in [2.05, 4.69) is 22.4 Å². The van der Waals surface area contributed by atoms with Crippen LogP contribution in [0.5, 0.6) is 5.75 Å². The highest BCUT2D eigenvalue weighted by atomic mass is 16.5. The first kappa shape index (κ1) is 15.2. The quantitative estimate of drug-likeness (QED) is 0.589. The van der Waals surface area contributed by atoms with Gasteiger partial charge in [-0.3, -0.25) is 0 Å². The molecule has 7 nitrogen and oxygen atoms in total. The van der Waals surface area contributed by atoms with E-state index in [0.717, 1.165) is 25.0 Å². The van der Waals surface area contributed by atoms with E-state index >= 15 is 0 Å². The van der Waals surface area contributed by atoms with Crippen LogP contribution in [0, 0.1) is 0 Å². The van der Waals surface area contributed by atoms with Crippen molar-refractivity contribution in [1.29, 1.82) is 0 Å². The van der Waals surface area contributed by atoms with Crippen LogP contribution in [-0.4, -0.2) is 40.5 Å². The number of methoxy groups -OCH3 is 1. The van der Waals surface area contributed by atoms with Gasteiger partial charge in [0, 0.05) is 25.3 Å². The lowest BCUT2D eigenvalue weighted by molar-refractivity contribution is 0.128. The maximum atomic E-state index is 5.92. The van der Waals surface area contributed by atoms with E-state index in [4.69, 9.17) is 15.2 Å². The van der Waals surface area contributed by atoms with Crippen molar-refractivity contribution < 1.29 is 9.47 Å². The third-order valence-corrected chi connectivity index (χ3v) is 3.03. The summed E-state index contributed by atoms with van der Waals surface area (Å²) in [5.41, 5.74) is 7.35. The van der Waals surface area contributed by atoms with Crippen molar-refractivity contribution in [2.75, 3.05) is 26.1 Å². The highest BCUT2D eigenvalue weighted by Crippen LogP contribution is 2.26. The van der Waals surface area contributed by atoms with Crippen molar-refractivity contribution in [2.45, 2.75) is 26.3 Å². The van der Waals surface area contributed by atoms with Gasteiger partial charge in [-0.1, -0.05) is 6.92 Å². The average Bonchev–Trinajstić information content (AvgIpc) is 2.95. The Hall–Kier alpha value is -2.15. The lowest BCUT2D eigenvalue weighted by atomic mass is 10.2. The van der Waals surface area contributed by atoms with Gasteiger partial charge in [-0.15, -0.1) is 5.10 Å². The molecule has 1 heterocycles. The number of anilines is 1. The molecule has 0 unspecified atom stereocenters. The predicted octanol–water partition coefficient (Wildman–Crippen LogP) is 1.75. The number of hydrogen-bond donors (Lipinski definition) is 1. The molecule has 7 heteroatoms. The van der Waals surface area contributed by atoms with Crippen LogP contribution in [0.3, 0.4) is 0 Å². The van der Waals surface area contributed by atoms with Crippen LogP contribution in [0.1, 0.15) is 19.8 Å². The van der Waals surface area contributed by atoms with E-state index in [1.807, 2.05) is 18.2 Å². The fourth-order valence-electron chi connectivity index (χ4n) is 2.00. The largest absolute Gasteiger partial charge is 0.495 e. The van der Waals surface area contributed by atoms with Crippen LogP contribution < -0.4 is 10.5 Å². The second-order valence-electron chi connectivity index (χ2n) is 4.65. The molecule has 0 aliphatic heterocycles. The number of aryl methyl sites for hydroxylation is 1. The van der Waals surface area contributed by atoms with Crippen molar-refractivity contribution in [3.8, 4) is 17.1 Å². The molecule has 2 rings (SSSR count). The van der Waals surface area contributed by atoms with E-state index in [1.165, 1.54) is 0 Å². The molecule has 0 bridgehead atoms. The third kappa shape index (κ3) is 3.91. The first-order chi connectivity index (χ1) is 10.3. The molecule has 0 aliphatic rings. The third-order valence-electron chi connectivity index (χ3n) is 3.03. The van der Waals surface area contributed by atoms with E-state index in [0.29, 0.717) is 30.4 Å². The molecular formula is C14H21N5O2. The van der Waals surface area contributed by atoms with Gasteiger partial charge in [0.15, 0.2) is 5.82 Å². The van der Waals surface area contributed by atoms with Crippen LogP contribution >= 0.6 is 0 Å². The molecule has 0 spiro atoms. The minimum absolute atomic E-state index is 0.566. The lowest BCUT2D eigenvalue weighted by Crippen LogP contribution is -2.07. The Labute approximate surface area is 124 Å². The molecule has 0 amide bonds. The first-order valence-corrected chi connectivity index (χ1v) is 7.04. The summed E-state index contributed by atoms with van der Waals surface area (Å²) in [6, 6.07) is 5.52. The average molecular weight is 291 g/mol. The van der Waals surface area contributed by atoms with E-state index in [-0.39, 0.29) is 0 Å². The van der Waals surface area contributed by atoms with Gasteiger partial charge in [0.25, 0.3) is 0 Å². The van der Waals surface area contributed by atoms with Gasteiger partial charge < -0.3 is 15.2 Å². The van der Waals surface area contributed by atoms with E-state index < -0.39 is 0 Å². The SMILES string of the molecule is CCCOCCCn1nnnc1-c1ccc(OC)c(N)c1. The fraction of sp³-hybridized carbons (Fsp3) is 0.500. The van der Waals surface area contributed by atoms with Gasteiger partial charge in [0.05, 0.1) is 12.8 Å². The van der Waals surface area contributed by atoms with Crippen LogP contribution in [-0.2, 0) is 11.3 Å². The molecule has 21 heavy (non-hydrogen) atoms. The number of hydrogen-bond acceptors (Lipinski definition) is 6. The summed E-state index contributed by atoms with van der Waals surface area (Å²) in [7, 11) is 1.59. The number of nitrogens with two attached hydrogens (primary N) is 1. The summed E-state index contributed by atoms with van der Waals surface area (Å²) in [4.78, 5) is 0. The van der Waals surface area contributed by atoms with Crippen molar-refractivity contribution in [1.82, 2.24) is 20.2 Å². The maximum Gasteiger partial charge on any atom is 0.182 e. The van der Waals surface area contributed by atoms with Crippen LogP contribution in [0.15, 0.2) is 18.2 Å². The standard InChI is InChI=1S/C14H21N5O2/c1-3-8-21-9-4-7-19-14(16-17-18-19)11-5-6-13(20-2)12(15)10-11/h5-6,10H,3-4,7-9,15H2,1-2H3. The summed E-state index contributed by atoms with van der Waals surface area (Å²) in [5.74, 6) is 1.34. The molecule has 0 atom stereocenters. The second-order valence-corrected chi connectivity index (χ2v) is 4.65. The Bertz CT molecular complexity index is 570. The Balaban J connectivity index is 2.04. The van der Waals surface area contributed by atoms with Gasteiger partial charge in [0.2, 0.25) is 0 Å². The topological polar surface area (TPSA) is 88.1 Å². The molecule has 114 valence electrons. The smallest absolute Gasteiger partial charge is 0.182 e. The normalized spacial score (nSPS) is 10.8. The number of benzene rings is 1. The molecule has 0 aliphatic carbocycles. The number of tetrazole rings is 1. The lowest BCUT2D eigenvalue weighted by Gasteiger charge is -2.08. The number of aromatic nitrogens is 4. The minimum Gasteiger partial charge on any atom is -0.495 e. The summed E-state index contributed by atoms with van der Waals surface area (Å²) in [6.45, 7) is 4.29. The van der Waals surface area contributed by atoms with Gasteiger partial charge in [0.1, 0.15) is 5.75 Å². The minimum atomic E-state index is 0.566. The Kier molecular flexibility index (Phi) is 5.51. The fourth-order valence-corrected chi connectivity index (χ4v) is 2.00. The van der Waals surface area contributed by atoms with Gasteiger partial charge in [-0.2, -0.15) is 0 Å². The van der Waals surface area contributed by atoms with Gasteiger partial charge in [-0.25, -0.2) is 4.68 Å². The molecule has 0 radical (unpaired) electrons. The molecule has 0 fully saturated rings. The van der Waals surface area contributed by atoms with E-state index in [9.17, 15) is 0 Å². The zero-order valence-corrected chi connectivity index (χ0v) is 12.5. The molecule has 1 aromatic carbocycles. The highest BCUT2D eigenvalue weighted by molar-refractivity contribution is 5.66. The Morgan fingerprint density at radius 1 is 1.29 bits per heavy atom. The van der Waals surface area contributed by atoms with Crippen LogP contribution in [0.25, 0.3) is 11.4 Å². The Morgan fingerprint density at radius 3 is 2.86 bits per heavy atom. The molecule has 0 saturated heterocycles. The zero-order chi connectivity index (χ0) is 15.1. The van der Waals surface area contributed by atoms with Crippen molar-refractivity contribution >= 4 is 5.69 Å². The van der Waals surface area contributed by atoms with Crippen LogP contribution in [0.2, 0.25) is 0 Å². The monoisotopic (exact) mass is 291 g/mol. The summed E-state index contributed by atoms with van der Waals surface area (Å²) >= 11 is 0. The molecule has 2 N–H and O–H groups in total. The molecule has 2 aromatic rings. The van der Waals surface area contributed by atoms with Crippen molar-refractivity contribution in [2.24, 2.45) is 0 Å². The molecule has 0 saturated carbocycles. The van der Waals surface area contributed by atoms with Crippen LogP contribution in [0.4, 0.5) is 5.69 Å². The number of ether oxygens (including phenoxy) is 2. The first-order valence-electron chi connectivity index (χ1n) is 7.04. The van der Waals surface area contributed by atoms with E-state index in [1.54, 1.807) is 11.8 Å². The summed E-state index contributed by atoms with van der Waals surface area (Å²) < 4.78 is 12.4. The zero-order valence-electron chi connectivity index (χ0n) is 12.5. The number of nitrogens with zero attached hydrogens (tertiary/aromatic N) is 4. The van der Waals surface area contributed by atoms with Gasteiger partial charge in [-0.05, 0) is 41.5 Å². The predicted molar refractivity (Wildman–Crippen MR) is 79.9 cm³/mol. The van der Waals surface area contributed by atoms with Crippen molar-refractivity contribution in [3.63, 3.8) is 0 Å². The van der Waals surface area contributed by atoms with Crippen molar-refractivity contribution in [3.05, 3.63) is 18.2 Å². The number of rotatable bonds is 8. The highest BCUT2D eigenvalue weighted by Gasteiger charge is 2.10. The molecule has 1 aromatic heterocycles. The molecular weight excluding hydrogens is 270 g/mol. The second kappa shape index (κ2) is 7.58. The summed E-state index contributed by atoms with van der Waals surface area (Å²) in [5, 5.41) is 11.8. The van der Waals surface area contributed by atoms with Gasteiger partial charge >= 0.3 is 0 Å². The Morgan fingerprint density at radius 2 is 2.14 bits per heavy atom. The number of nitrogen functional groups attached to an aromatic ring is 1. The maximum absolute atomic E-state index is 5.92. The summed E-state index contributed by atoms with van der Waals surface area (Å²) in [6.07, 6.45) is 1.89.